The Balaban J connectivity index is 2.42. The molecular weight excluding hydrogens is 233 g/mol. The lowest BCUT2D eigenvalue weighted by molar-refractivity contribution is 0.0952. The van der Waals surface area contributed by atoms with Gasteiger partial charge in [-0.15, -0.1) is 0 Å². The summed E-state index contributed by atoms with van der Waals surface area (Å²) in [6.07, 6.45) is 0.448. The van der Waals surface area contributed by atoms with Gasteiger partial charge in [-0.3, -0.25) is 4.79 Å². The summed E-state index contributed by atoms with van der Waals surface area (Å²) in [5.41, 5.74) is 0.569. The molecule has 0 heterocycles. The molecule has 0 fully saturated rings. The number of likely N-dealkylation sites (N-methyl/N-ethyl adjacent to an activating group) is 1. The van der Waals surface area contributed by atoms with Crippen molar-refractivity contribution in [2.75, 3.05) is 33.4 Å². The van der Waals surface area contributed by atoms with E-state index < -0.39 is 0 Å². The molecule has 0 bridgehead atoms. The van der Waals surface area contributed by atoms with Gasteiger partial charge in [0.15, 0.2) is 5.78 Å². The average Bonchev–Trinajstić information content (AvgIpc) is 2.39. The third-order valence-electron chi connectivity index (χ3n) is 2.88. The lowest BCUT2D eigenvalue weighted by atomic mass is 10.1. The number of hydrogen-bond donors (Lipinski definition) is 0. The Hall–Kier alpha value is -1.26. The second kappa shape index (κ2) is 7.95. The molecule has 0 aliphatic carbocycles. The Labute approximate surface area is 108 Å². The number of hydrogen-bond acceptors (Lipinski definition) is 3. The summed E-state index contributed by atoms with van der Waals surface area (Å²) < 4.78 is 17.7. The van der Waals surface area contributed by atoms with Crippen molar-refractivity contribution in [1.82, 2.24) is 4.90 Å². The van der Waals surface area contributed by atoms with Crippen molar-refractivity contribution in [3.05, 3.63) is 35.6 Å². The first-order valence-electron chi connectivity index (χ1n) is 6.17. The van der Waals surface area contributed by atoms with Gasteiger partial charge in [0.05, 0.1) is 6.61 Å². The first-order valence-corrected chi connectivity index (χ1v) is 6.17. The van der Waals surface area contributed by atoms with Gasteiger partial charge in [0, 0.05) is 32.2 Å². The molecule has 0 aliphatic heterocycles. The van der Waals surface area contributed by atoms with Gasteiger partial charge in [-0.05, 0) is 30.8 Å². The van der Waals surface area contributed by atoms with Gasteiger partial charge in [-0.1, -0.05) is 6.92 Å². The van der Waals surface area contributed by atoms with Crippen molar-refractivity contribution in [3.8, 4) is 0 Å². The molecule has 1 aromatic rings. The van der Waals surface area contributed by atoms with Crippen LogP contribution in [0.3, 0.4) is 0 Å². The van der Waals surface area contributed by atoms with E-state index in [1.807, 2.05) is 0 Å². The fraction of sp³-hybridized carbons (Fsp3) is 0.500. The zero-order chi connectivity index (χ0) is 13.4. The van der Waals surface area contributed by atoms with Crippen molar-refractivity contribution >= 4 is 5.78 Å². The Morgan fingerprint density at radius 3 is 2.50 bits per heavy atom. The zero-order valence-corrected chi connectivity index (χ0v) is 11.0. The van der Waals surface area contributed by atoms with Crippen LogP contribution in [0.25, 0.3) is 0 Å². The van der Waals surface area contributed by atoms with E-state index in [0.29, 0.717) is 25.1 Å². The Morgan fingerprint density at radius 1 is 1.28 bits per heavy atom. The molecule has 18 heavy (non-hydrogen) atoms. The van der Waals surface area contributed by atoms with Crippen LogP contribution in [-0.2, 0) is 4.74 Å². The molecule has 1 aromatic carbocycles. The lowest BCUT2D eigenvalue weighted by Crippen LogP contribution is -2.29. The number of Topliss-reactive ketones (excluding diaryl/α,β-unsaturated/α-hetero) is 1. The predicted molar refractivity (Wildman–Crippen MR) is 69.3 cm³/mol. The second-order valence-corrected chi connectivity index (χ2v) is 4.11. The summed E-state index contributed by atoms with van der Waals surface area (Å²) in [7, 11) is 1.66. The van der Waals surface area contributed by atoms with Gasteiger partial charge < -0.3 is 9.64 Å². The number of halogens is 1. The molecule has 0 atom stereocenters. The van der Waals surface area contributed by atoms with E-state index in [1.54, 1.807) is 7.11 Å². The van der Waals surface area contributed by atoms with E-state index >= 15 is 0 Å². The highest BCUT2D eigenvalue weighted by Gasteiger charge is 2.08. The maximum Gasteiger partial charge on any atom is 0.164 e. The summed E-state index contributed by atoms with van der Waals surface area (Å²) in [6.45, 7) is 5.14. The number of ether oxygens (including phenoxy) is 1. The van der Waals surface area contributed by atoms with Gasteiger partial charge in [0.1, 0.15) is 5.82 Å². The van der Waals surface area contributed by atoms with Gasteiger partial charge >= 0.3 is 0 Å². The first-order chi connectivity index (χ1) is 8.67. The topological polar surface area (TPSA) is 29.5 Å². The Bertz CT molecular complexity index is 365. The summed E-state index contributed by atoms with van der Waals surface area (Å²) in [6, 6.07) is 5.69. The fourth-order valence-electron chi connectivity index (χ4n) is 1.69. The number of ketones is 1. The van der Waals surface area contributed by atoms with Crippen molar-refractivity contribution in [2.45, 2.75) is 13.3 Å². The van der Waals surface area contributed by atoms with E-state index in [1.165, 1.54) is 24.3 Å². The molecule has 4 heteroatoms. The summed E-state index contributed by atoms with van der Waals surface area (Å²) in [5, 5.41) is 0. The molecule has 0 aromatic heterocycles. The molecule has 0 saturated carbocycles. The average molecular weight is 253 g/mol. The Kier molecular flexibility index (Phi) is 6.54. The highest BCUT2D eigenvalue weighted by molar-refractivity contribution is 5.96. The maximum atomic E-state index is 12.7. The molecule has 0 saturated heterocycles. The summed E-state index contributed by atoms with van der Waals surface area (Å²) in [4.78, 5) is 14.0. The van der Waals surface area contributed by atoms with E-state index in [-0.39, 0.29) is 11.6 Å². The van der Waals surface area contributed by atoms with Crippen LogP contribution in [0.2, 0.25) is 0 Å². The maximum absolute atomic E-state index is 12.7. The Morgan fingerprint density at radius 2 is 1.94 bits per heavy atom. The number of carbonyl (C=O) groups excluding carboxylic acids is 1. The molecule has 3 nitrogen and oxygen atoms in total. The van der Waals surface area contributed by atoms with Gasteiger partial charge in [-0.2, -0.15) is 0 Å². The number of rotatable bonds is 8. The van der Waals surface area contributed by atoms with E-state index in [9.17, 15) is 9.18 Å². The minimum absolute atomic E-state index is 0.0471. The SMILES string of the molecule is CCN(CCOC)CCC(=O)c1ccc(F)cc1. The first kappa shape index (κ1) is 14.8. The number of nitrogens with zero attached hydrogens (tertiary/aromatic N) is 1. The smallest absolute Gasteiger partial charge is 0.164 e. The largest absolute Gasteiger partial charge is 0.383 e. The van der Waals surface area contributed by atoms with E-state index in [2.05, 4.69) is 11.8 Å². The quantitative estimate of drug-likeness (QED) is 0.666. The molecule has 0 amide bonds. The van der Waals surface area contributed by atoms with Crippen molar-refractivity contribution in [1.29, 1.82) is 0 Å². The third-order valence-corrected chi connectivity index (χ3v) is 2.88. The molecular formula is C14H20FNO2. The minimum Gasteiger partial charge on any atom is -0.383 e. The highest BCUT2D eigenvalue weighted by atomic mass is 19.1. The molecule has 100 valence electrons. The van der Waals surface area contributed by atoms with Crippen LogP contribution in [-0.4, -0.2) is 44.0 Å². The number of methoxy groups -OCH3 is 1. The molecule has 1 rings (SSSR count). The lowest BCUT2D eigenvalue weighted by Gasteiger charge is -2.19. The van der Waals surface area contributed by atoms with E-state index in [0.717, 1.165) is 13.1 Å². The van der Waals surface area contributed by atoms with Crippen LogP contribution in [0.4, 0.5) is 4.39 Å². The molecule has 0 N–H and O–H groups in total. The zero-order valence-electron chi connectivity index (χ0n) is 11.0. The van der Waals surface area contributed by atoms with Crippen LogP contribution in [0, 0.1) is 5.82 Å². The van der Waals surface area contributed by atoms with E-state index in [4.69, 9.17) is 4.74 Å². The molecule has 0 unspecified atom stereocenters. The monoisotopic (exact) mass is 253 g/mol. The number of benzene rings is 1. The standard InChI is InChI=1S/C14H20FNO2/c1-3-16(10-11-18-2)9-8-14(17)12-4-6-13(15)7-5-12/h4-7H,3,8-11H2,1-2H3. The predicted octanol–water partition coefficient (Wildman–Crippen LogP) is 2.37. The molecule has 0 aliphatic rings. The second-order valence-electron chi connectivity index (χ2n) is 4.11. The third kappa shape index (κ3) is 4.94. The minimum atomic E-state index is -0.318. The van der Waals surface area contributed by atoms with Crippen molar-refractivity contribution in [3.63, 3.8) is 0 Å². The van der Waals surface area contributed by atoms with Gasteiger partial charge in [0.25, 0.3) is 0 Å². The van der Waals surface area contributed by atoms with Crippen LogP contribution in [0.1, 0.15) is 23.7 Å². The molecule has 0 radical (unpaired) electrons. The van der Waals surface area contributed by atoms with Gasteiger partial charge in [0.2, 0.25) is 0 Å². The van der Waals surface area contributed by atoms with Crippen LogP contribution >= 0.6 is 0 Å². The highest BCUT2D eigenvalue weighted by Crippen LogP contribution is 2.06. The van der Waals surface area contributed by atoms with Crippen LogP contribution < -0.4 is 0 Å². The summed E-state index contributed by atoms with van der Waals surface area (Å²) in [5.74, 6) is -0.271. The van der Waals surface area contributed by atoms with Crippen molar-refractivity contribution in [2.24, 2.45) is 0 Å². The van der Waals surface area contributed by atoms with Crippen LogP contribution in [0.15, 0.2) is 24.3 Å². The van der Waals surface area contributed by atoms with Gasteiger partial charge in [-0.25, -0.2) is 4.39 Å². The van der Waals surface area contributed by atoms with Crippen molar-refractivity contribution < 1.29 is 13.9 Å². The fourth-order valence-corrected chi connectivity index (χ4v) is 1.69. The summed E-state index contributed by atoms with van der Waals surface area (Å²) >= 11 is 0. The van der Waals surface area contributed by atoms with Crippen LogP contribution in [0.5, 0.6) is 0 Å². The number of carbonyl (C=O) groups is 1. The normalized spacial score (nSPS) is 10.9. The molecule has 0 spiro atoms.